The van der Waals surface area contributed by atoms with Gasteiger partial charge in [-0.05, 0) is 30.7 Å². The fourth-order valence-corrected chi connectivity index (χ4v) is 3.67. The van der Waals surface area contributed by atoms with Crippen LogP contribution in [-0.2, 0) is 16.4 Å². The molecule has 0 atom stereocenters. The largest absolute Gasteiger partial charge is 0.325 e. The molecule has 0 radical (unpaired) electrons. The number of sulfonamides is 1. The van der Waals surface area contributed by atoms with Crippen LogP contribution in [-0.4, -0.2) is 20.8 Å². The molecule has 0 N–H and O–H groups in total. The van der Waals surface area contributed by atoms with Crippen LogP contribution in [0.5, 0.6) is 0 Å². The molecule has 0 fully saturated rings. The summed E-state index contributed by atoms with van der Waals surface area (Å²) in [6.07, 6.45) is 2.26. The van der Waals surface area contributed by atoms with Gasteiger partial charge in [0.05, 0.1) is 4.90 Å². The van der Waals surface area contributed by atoms with Crippen LogP contribution in [0.25, 0.3) is 0 Å². The molecular formula is C18H18N2O2S. The van der Waals surface area contributed by atoms with Crippen molar-refractivity contribution in [2.24, 2.45) is 4.40 Å². The Hall–Kier alpha value is -2.40. The van der Waals surface area contributed by atoms with Gasteiger partial charge in [0.1, 0.15) is 5.84 Å². The molecule has 1 aliphatic rings. The predicted octanol–water partition coefficient (Wildman–Crippen LogP) is 3.33. The summed E-state index contributed by atoms with van der Waals surface area (Å²) in [4.78, 5) is 2.11. The summed E-state index contributed by atoms with van der Waals surface area (Å²) in [6.45, 7) is 6.20. The van der Waals surface area contributed by atoms with E-state index in [2.05, 4.69) is 11.0 Å². The fourth-order valence-electron chi connectivity index (χ4n) is 2.64. The lowest BCUT2D eigenvalue weighted by atomic mass is 10.2. The minimum atomic E-state index is -3.72. The maximum absolute atomic E-state index is 12.6. The summed E-state index contributed by atoms with van der Waals surface area (Å²) in [5.41, 5.74) is 3.08. The molecule has 1 aliphatic heterocycles. The van der Waals surface area contributed by atoms with Crippen LogP contribution in [0, 0.1) is 6.92 Å². The Balaban J connectivity index is 2.01. The van der Waals surface area contributed by atoms with Crippen molar-refractivity contribution < 1.29 is 8.42 Å². The van der Waals surface area contributed by atoms with Gasteiger partial charge in [-0.1, -0.05) is 42.0 Å². The van der Waals surface area contributed by atoms with Gasteiger partial charge in [0, 0.05) is 18.7 Å². The van der Waals surface area contributed by atoms with Crippen molar-refractivity contribution >= 4 is 21.5 Å². The van der Waals surface area contributed by atoms with Crippen molar-refractivity contribution in [3.05, 3.63) is 72.3 Å². The van der Waals surface area contributed by atoms with Crippen LogP contribution in [0.1, 0.15) is 11.1 Å². The predicted molar refractivity (Wildman–Crippen MR) is 93.5 cm³/mol. The Bertz CT molecular complexity index is 868. The van der Waals surface area contributed by atoms with Gasteiger partial charge < -0.3 is 4.90 Å². The van der Waals surface area contributed by atoms with Crippen molar-refractivity contribution in [1.82, 2.24) is 0 Å². The van der Waals surface area contributed by atoms with Crippen LogP contribution >= 0.6 is 0 Å². The molecule has 5 heteroatoms. The SMILES string of the molecule is C=CCN1C(=NS(=O)(=O)c2ccc(C)cc2)Cc2ccccc21. The van der Waals surface area contributed by atoms with Gasteiger partial charge in [0.25, 0.3) is 10.0 Å². The molecule has 0 spiro atoms. The summed E-state index contributed by atoms with van der Waals surface area (Å²) in [7, 11) is -3.72. The molecular weight excluding hydrogens is 308 g/mol. The van der Waals surface area contributed by atoms with E-state index in [1.807, 2.05) is 36.1 Å². The molecule has 0 bridgehead atoms. The van der Waals surface area contributed by atoms with Gasteiger partial charge in [0.15, 0.2) is 0 Å². The van der Waals surface area contributed by atoms with Gasteiger partial charge in [-0.25, -0.2) is 0 Å². The Kier molecular flexibility index (Phi) is 4.05. The molecule has 3 rings (SSSR count). The van der Waals surface area contributed by atoms with E-state index in [1.165, 1.54) is 0 Å². The Labute approximate surface area is 136 Å². The minimum Gasteiger partial charge on any atom is -0.325 e. The highest BCUT2D eigenvalue weighted by atomic mass is 32.2. The van der Waals surface area contributed by atoms with Crippen molar-refractivity contribution in [2.75, 3.05) is 11.4 Å². The quantitative estimate of drug-likeness (QED) is 0.810. The number of hydrogen-bond acceptors (Lipinski definition) is 2. The standard InChI is InChI=1S/C18H18N2O2S/c1-3-12-20-17-7-5-4-6-15(17)13-18(20)19-23(21,22)16-10-8-14(2)9-11-16/h3-11H,1,12-13H2,2H3. The van der Waals surface area contributed by atoms with E-state index in [0.717, 1.165) is 16.8 Å². The molecule has 0 saturated carbocycles. The van der Waals surface area contributed by atoms with Crippen molar-refractivity contribution in [2.45, 2.75) is 18.2 Å². The van der Waals surface area contributed by atoms with Gasteiger partial charge >= 0.3 is 0 Å². The third-order valence-electron chi connectivity index (χ3n) is 3.80. The monoisotopic (exact) mass is 326 g/mol. The number of benzene rings is 2. The van der Waals surface area contributed by atoms with Gasteiger partial charge in [-0.3, -0.25) is 0 Å². The highest BCUT2D eigenvalue weighted by Crippen LogP contribution is 2.30. The normalized spacial score (nSPS) is 15.7. The van der Waals surface area contributed by atoms with E-state index in [4.69, 9.17) is 0 Å². The molecule has 118 valence electrons. The molecule has 0 aliphatic carbocycles. The lowest BCUT2D eigenvalue weighted by Gasteiger charge is -2.18. The second-order valence-electron chi connectivity index (χ2n) is 5.50. The number of nitrogens with zero attached hydrogens (tertiary/aromatic N) is 2. The Morgan fingerprint density at radius 3 is 2.57 bits per heavy atom. The van der Waals surface area contributed by atoms with Gasteiger partial charge in [-0.2, -0.15) is 8.42 Å². The first kappa shape index (κ1) is 15.5. The molecule has 0 saturated heterocycles. The number of amidine groups is 1. The maximum atomic E-state index is 12.6. The Morgan fingerprint density at radius 2 is 1.87 bits per heavy atom. The zero-order valence-corrected chi connectivity index (χ0v) is 13.8. The minimum absolute atomic E-state index is 0.213. The first-order valence-electron chi connectivity index (χ1n) is 7.38. The number of anilines is 1. The topological polar surface area (TPSA) is 49.7 Å². The average molecular weight is 326 g/mol. The van der Waals surface area contributed by atoms with Crippen LogP contribution in [0.2, 0.25) is 0 Å². The number of aryl methyl sites for hydroxylation is 1. The number of rotatable bonds is 4. The molecule has 2 aromatic rings. The summed E-state index contributed by atoms with van der Waals surface area (Å²) in [5, 5.41) is 0. The van der Waals surface area contributed by atoms with Crippen LogP contribution in [0.15, 0.2) is 70.5 Å². The van der Waals surface area contributed by atoms with Crippen LogP contribution in [0.3, 0.4) is 0 Å². The molecule has 0 unspecified atom stereocenters. The molecule has 4 nitrogen and oxygen atoms in total. The molecule has 2 aromatic carbocycles. The number of para-hydroxylation sites is 1. The first-order valence-corrected chi connectivity index (χ1v) is 8.82. The van der Waals surface area contributed by atoms with E-state index in [9.17, 15) is 8.42 Å². The molecule has 0 aromatic heterocycles. The lowest BCUT2D eigenvalue weighted by Crippen LogP contribution is -2.28. The van der Waals surface area contributed by atoms with E-state index in [-0.39, 0.29) is 4.90 Å². The number of fused-ring (bicyclic) bond motifs is 1. The van der Waals surface area contributed by atoms with E-state index < -0.39 is 10.0 Å². The van der Waals surface area contributed by atoms with E-state index in [0.29, 0.717) is 18.8 Å². The van der Waals surface area contributed by atoms with Crippen molar-refractivity contribution in [3.63, 3.8) is 0 Å². The highest BCUT2D eigenvalue weighted by molar-refractivity contribution is 7.90. The van der Waals surface area contributed by atoms with Crippen LogP contribution < -0.4 is 4.90 Å². The van der Waals surface area contributed by atoms with Gasteiger partial charge in [0.2, 0.25) is 0 Å². The summed E-state index contributed by atoms with van der Waals surface area (Å²) in [5.74, 6) is 0.534. The summed E-state index contributed by atoms with van der Waals surface area (Å²) < 4.78 is 29.2. The Morgan fingerprint density at radius 1 is 1.17 bits per heavy atom. The second-order valence-corrected chi connectivity index (χ2v) is 7.10. The highest BCUT2D eigenvalue weighted by Gasteiger charge is 2.26. The summed E-state index contributed by atoms with van der Waals surface area (Å²) in [6, 6.07) is 14.6. The third kappa shape index (κ3) is 3.05. The zero-order valence-electron chi connectivity index (χ0n) is 12.9. The number of hydrogen-bond donors (Lipinski definition) is 0. The van der Waals surface area contributed by atoms with Crippen LogP contribution in [0.4, 0.5) is 5.69 Å². The molecule has 23 heavy (non-hydrogen) atoms. The maximum Gasteiger partial charge on any atom is 0.283 e. The van der Waals surface area contributed by atoms with Crippen molar-refractivity contribution in [1.29, 1.82) is 0 Å². The third-order valence-corrected chi connectivity index (χ3v) is 5.12. The molecule has 0 amide bonds. The van der Waals surface area contributed by atoms with E-state index >= 15 is 0 Å². The lowest BCUT2D eigenvalue weighted by molar-refractivity contribution is 0.598. The summed E-state index contributed by atoms with van der Waals surface area (Å²) >= 11 is 0. The average Bonchev–Trinajstić information content (AvgIpc) is 2.85. The van der Waals surface area contributed by atoms with E-state index in [1.54, 1.807) is 30.3 Å². The second kappa shape index (κ2) is 6.01. The van der Waals surface area contributed by atoms with Crippen molar-refractivity contribution in [3.8, 4) is 0 Å². The zero-order chi connectivity index (χ0) is 16.4. The fraction of sp³-hybridized carbons (Fsp3) is 0.167. The smallest absolute Gasteiger partial charge is 0.283 e. The molecule has 1 heterocycles. The van der Waals surface area contributed by atoms with Gasteiger partial charge in [-0.15, -0.1) is 11.0 Å². The first-order chi connectivity index (χ1) is 11.0.